The first kappa shape index (κ1) is 23.1. The highest BCUT2D eigenvalue weighted by molar-refractivity contribution is 6.34. The Morgan fingerprint density at radius 1 is 1.03 bits per heavy atom. The fraction of sp³-hybridized carbons (Fsp3) is 0.391. The molecule has 3 rings (SSSR count). The third-order valence-corrected chi connectivity index (χ3v) is 5.35. The van der Waals surface area contributed by atoms with Crippen molar-refractivity contribution in [2.75, 3.05) is 62.0 Å². The number of likely N-dealkylation sites (N-methyl/N-ethyl adjacent to an activating group) is 1. The summed E-state index contributed by atoms with van der Waals surface area (Å²) in [4.78, 5) is 28.7. The number of ether oxygens (including phenoxy) is 1. The van der Waals surface area contributed by atoms with Crippen molar-refractivity contribution in [2.45, 2.75) is 13.8 Å². The van der Waals surface area contributed by atoms with Crippen LogP contribution in [0.4, 0.5) is 17.1 Å². The van der Waals surface area contributed by atoms with Crippen LogP contribution in [0.1, 0.15) is 11.1 Å². The minimum Gasteiger partial charge on any atom is -0.378 e. The number of hydrogen-bond acceptors (Lipinski definition) is 5. The van der Waals surface area contributed by atoms with Crippen LogP contribution in [0.2, 0.25) is 5.02 Å². The molecular weight excluding hydrogens is 416 g/mol. The van der Waals surface area contributed by atoms with Gasteiger partial charge in [0.2, 0.25) is 11.8 Å². The van der Waals surface area contributed by atoms with Crippen molar-refractivity contribution in [3.63, 3.8) is 0 Å². The van der Waals surface area contributed by atoms with Gasteiger partial charge in [-0.3, -0.25) is 14.5 Å². The average Bonchev–Trinajstić information content (AvgIpc) is 2.71. The molecule has 2 amide bonds. The molecule has 7 nitrogen and oxygen atoms in total. The summed E-state index contributed by atoms with van der Waals surface area (Å²) in [5, 5.41) is 6.22. The summed E-state index contributed by atoms with van der Waals surface area (Å²) in [6.45, 7) is 7.22. The Hall–Kier alpha value is -2.61. The highest BCUT2D eigenvalue weighted by Crippen LogP contribution is 2.27. The van der Waals surface area contributed by atoms with Gasteiger partial charge in [-0.2, -0.15) is 0 Å². The predicted octanol–water partition coefficient (Wildman–Crippen LogP) is 3.30. The first-order chi connectivity index (χ1) is 14.8. The molecule has 1 saturated heterocycles. The van der Waals surface area contributed by atoms with Crippen molar-refractivity contribution in [1.29, 1.82) is 0 Å². The summed E-state index contributed by atoms with van der Waals surface area (Å²) < 4.78 is 5.37. The number of anilines is 3. The van der Waals surface area contributed by atoms with E-state index in [2.05, 4.69) is 15.5 Å². The Balaban J connectivity index is 1.47. The molecule has 2 N–H and O–H groups in total. The topological polar surface area (TPSA) is 73.9 Å². The van der Waals surface area contributed by atoms with Crippen LogP contribution in [0.15, 0.2) is 36.4 Å². The van der Waals surface area contributed by atoms with E-state index in [1.807, 2.05) is 50.2 Å². The van der Waals surface area contributed by atoms with Crippen LogP contribution < -0.4 is 15.5 Å². The second-order valence-corrected chi connectivity index (χ2v) is 8.26. The van der Waals surface area contributed by atoms with E-state index in [0.29, 0.717) is 10.7 Å². The van der Waals surface area contributed by atoms with Crippen LogP contribution in [0.3, 0.4) is 0 Å². The zero-order valence-electron chi connectivity index (χ0n) is 18.2. The smallest absolute Gasteiger partial charge is 0.238 e. The molecule has 31 heavy (non-hydrogen) atoms. The molecule has 0 radical (unpaired) electrons. The lowest BCUT2D eigenvalue weighted by atomic mass is 10.1. The normalized spacial score (nSPS) is 13.9. The van der Waals surface area contributed by atoms with Gasteiger partial charge in [0.25, 0.3) is 0 Å². The van der Waals surface area contributed by atoms with Gasteiger partial charge in [0, 0.05) is 24.5 Å². The SMILES string of the molecule is Cc1cc(C)c(NC(=O)CN(C)CC(=O)Nc2ccc(N3CCOCC3)cc2)c(Cl)c1. The summed E-state index contributed by atoms with van der Waals surface area (Å²) in [6, 6.07) is 11.5. The number of morpholine rings is 1. The second-order valence-electron chi connectivity index (χ2n) is 7.85. The minimum absolute atomic E-state index is 0.0764. The van der Waals surface area contributed by atoms with Crippen molar-refractivity contribution in [3.8, 4) is 0 Å². The zero-order valence-corrected chi connectivity index (χ0v) is 19.0. The molecule has 1 aliphatic heterocycles. The van der Waals surface area contributed by atoms with E-state index in [0.717, 1.165) is 48.8 Å². The number of amides is 2. The molecule has 0 atom stereocenters. The van der Waals surface area contributed by atoms with E-state index >= 15 is 0 Å². The zero-order chi connectivity index (χ0) is 22.4. The number of rotatable bonds is 7. The quantitative estimate of drug-likeness (QED) is 0.685. The Labute approximate surface area is 188 Å². The highest BCUT2D eigenvalue weighted by Gasteiger charge is 2.15. The van der Waals surface area contributed by atoms with Crippen LogP contribution in [-0.4, -0.2) is 63.2 Å². The maximum absolute atomic E-state index is 12.4. The van der Waals surface area contributed by atoms with E-state index in [1.54, 1.807) is 11.9 Å². The molecule has 0 spiro atoms. The summed E-state index contributed by atoms with van der Waals surface area (Å²) in [7, 11) is 1.73. The number of hydrogen-bond donors (Lipinski definition) is 2. The fourth-order valence-electron chi connectivity index (χ4n) is 3.58. The van der Waals surface area contributed by atoms with Gasteiger partial charge in [-0.15, -0.1) is 0 Å². The van der Waals surface area contributed by atoms with Crippen molar-refractivity contribution >= 4 is 40.5 Å². The second kappa shape index (κ2) is 10.6. The number of carbonyl (C=O) groups excluding carboxylic acids is 2. The molecule has 0 aliphatic carbocycles. The Kier molecular flexibility index (Phi) is 7.90. The first-order valence-electron chi connectivity index (χ1n) is 10.3. The molecule has 0 unspecified atom stereocenters. The number of nitrogens with one attached hydrogen (secondary N) is 2. The van der Waals surface area contributed by atoms with E-state index in [1.165, 1.54) is 0 Å². The first-order valence-corrected chi connectivity index (χ1v) is 10.7. The van der Waals surface area contributed by atoms with E-state index in [-0.39, 0.29) is 24.9 Å². The van der Waals surface area contributed by atoms with Gasteiger partial charge in [-0.1, -0.05) is 17.7 Å². The number of nitrogens with zero attached hydrogens (tertiary/aromatic N) is 2. The van der Waals surface area contributed by atoms with Gasteiger partial charge in [-0.25, -0.2) is 0 Å². The molecule has 0 saturated carbocycles. The van der Waals surface area contributed by atoms with Gasteiger partial charge in [-0.05, 0) is 62.4 Å². The lowest BCUT2D eigenvalue weighted by molar-refractivity contribution is -0.119. The fourth-order valence-corrected chi connectivity index (χ4v) is 3.95. The third-order valence-electron chi connectivity index (χ3n) is 5.05. The number of carbonyl (C=O) groups is 2. The number of aryl methyl sites for hydroxylation is 2. The van der Waals surface area contributed by atoms with Crippen molar-refractivity contribution in [1.82, 2.24) is 4.90 Å². The summed E-state index contributed by atoms with van der Waals surface area (Å²) >= 11 is 6.25. The Morgan fingerprint density at radius 3 is 2.26 bits per heavy atom. The minimum atomic E-state index is -0.223. The van der Waals surface area contributed by atoms with Crippen molar-refractivity contribution in [2.24, 2.45) is 0 Å². The molecule has 0 aromatic heterocycles. The summed E-state index contributed by atoms with van der Waals surface area (Å²) in [5.74, 6) is -0.405. The predicted molar refractivity (Wildman–Crippen MR) is 125 cm³/mol. The Bertz CT molecular complexity index is 904. The van der Waals surface area contributed by atoms with Gasteiger partial charge in [0.05, 0.1) is 37.0 Å². The standard InChI is InChI=1S/C23H29ClN4O3/c1-16-12-17(2)23(20(24)13-16)26-22(30)15-27(3)14-21(29)25-18-4-6-19(7-5-18)28-8-10-31-11-9-28/h4-7,12-13H,8-11,14-15H2,1-3H3,(H,25,29)(H,26,30). The lowest BCUT2D eigenvalue weighted by Crippen LogP contribution is -2.36. The maximum atomic E-state index is 12.4. The molecule has 1 fully saturated rings. The molecule has 1 heterocycles. The van der Waals surface area contributed by atoms with Crippen LogP contribution >= 0.6 is 11.6 Å². The van der Waals surface area contributed by atoms with E-state index < -0.39 is 0 Å². The lowest BCUT2D eigenvalue weighted by Gasteiger charge is -2.28. The molecule has 2 aromatic rings. The van der Waals surface area contributed by atoms with Crippen LogP contribution in [0.5, 0.6) is 0 Å². The summed E-state index contributed by atoms with van der Waals surface area (Å²) in [5.41, 5.74) is 4.38. The van der Waals surface area contributed by atoms with E-state index in [9.17, 15) is 9.59 Å². The molecule has 8 heteroatoms. The molecule has 2 aromatic carbocycles. The molecule has 1 aliphatic rings. The molecule has 166 valence electrons. The number of benzene rings is 2. The van der Waals surface area contributed by atoms with Crippen LogP contribution in [0, 0.1) is 13.8 Å². The van der Waals surface area contributed by atoms with Gasteiger partial charge in [0.15, 0.2) is 0 Å². The average molecular weight is 445 g/mol. The van der Waals surface area contributed by atoms with E-state index in [4.69, 9.17) is 16.3 Å². The van der Waals surface area contributed by atoms with Crippen molar-refractivity contribution < 1.29 is 14.3 Å². The summed E-state index contributed by atoms with van der Waals surface area (Å²) in [6.07, 6.45) is 0. The number of halogens is 1. The maximum Gasteiger partial charge on any atom is 0.238 e. The van der Waals surface area contributed by atoms with Crippen LogP contribution in [0.25, 0.3) is 0 Å². The molecule has 0 bridgehead atoms. The van der Waals surface area contributed by atoms with Gasteiger partial charge < -0.3 is 20.3 Å². The van der Waals surface area contributed by atoms with Crippen LogP contribution in [-0.2, 0) is 14.3 Å². The van der Waals surface area contributed by atoms with Gasteiger partial charge in [0.1, 0.15) is 0 Å². The largest absolute Gasteiger partial charge is 0.378 e. The highest BCUT2D eigenvalue weighted by atomic mass is 35.5. The van der Waals surface area contributed by atoms with Gasteiger partial charge >= 0.3 is 0 Å². The monoisotopic (exact) mass is 444 g/mol. The molecular formula is C23H29ClN4O3. The Morgan fingerprint density at radius 2 is 1.65 bits per heavy atom. The van der Waals surface area contributed by atoms with Crippen molar-refractivity contribution in [3.05, 3.63) is 52.5 Å². The third kappa shape index (κ3) is 6.69.